The molecule has 0 spiro atoms. The quantitative estimate of drug-likeness (QED) is 0.907. The number of hydrogen-bond donors (Lipinski definition) is 1. The lowest BCUT2D eigenvalue weighted by molar-refractivity contribution is 0.281. The molecule has 0 amide bonds. The van der Waals surface area contributed by atoms with Gasteiger partial charge in [0.15, 0.2) is 0 Å². The van der Waals surface area contributed by atoms with Crippen LogP contribution in [-0.4, -0.2) is 41.4 Å². The van der Waals surface area contributed by atoms with E-state index in [0.29, 0.717) is 18.8 Å². The number of thioether (sulfide) groups is 1. The van der Waals surface area contributed by atoms with Crippen molar-refractivity contribution < 1.29 is 17.9 Å². The van der Waals surface area contributed by atoms with Gasteiger partial charge in [0, 0.05) is 29.2 Å². The molecule has 0 atom stereocenters. The molecule has 8 heteroatoms. The molecule has 0 saturated carbocycles. The average molecular weight is 354 g/mol. The number of sulfonamides is 1. The molecule has 1 N–H and O–H groups in total. The van der Waals surface area contributed by atoms with Gasteiger partial charge in [0.25, 0.3) is 0 Å². The van der Waals surface area contributed by atoms with Crippen LogP contribution in [0.4, 0.5) is 4.39 Å². The first-order chi connectivity index (χ1) is 9.67. The number of hydrogen-bond acceptors (Lipinski definition) is 4. The van der Waals surface area contributed by atoms with E-state index in [0.717, 1.165) is 6.07 Å². The minimum Gasteiger partial charge on any atom is -0.392 e. The van der Waals surface area contributed by atoms with Gasteiger partial charge in [-0.1, -0.05) is 11.6 Å². The molecule has 1 aromatic carbocycles. The summed E-state index contributed by atoms with van der Waals surface area (Å²) < 4.78 is 40.2. The predicted octanol–water partition coefficient (Wildman–Crippen LogP) is 2.49. The first-order valence-corrected chi connectivity index (χ1v) is 9.20. The second-order valence-corrected chi connectivity index (χ2v) is 9.60. The zero-order valence-electron chi connectivity index (χ0n) is 11.8. The minimum atomic E-state index is -3.79. The highest BCUT2D eigenvalue weighted by Gasteiger charge is 2.35. The van der Waals surface area contributed by atoms with Crippen LogP contribution in [0.5, 0.6) is 0 Å². The lowest BCUT2D eigenvalue weighted by atomic mass is 10.2. The van der Waals surface area contributed by atoms with E-state index in [1.807, 2.05) is 13.8 Å². The summed E-state index contributed by atoms with van der Waals surface area (Å²) in [6.07, 6.45) is 0. The van der Waals surface area contributed by atoms with Gasteiger partial charge in [0.2, 0.25) is 10.0 Å². The number of benzene rings is 1. The van der Waals surface area contributed by atoms with Crippen molar-refractivity contribution in [1.29, 1.82) is 0 Å². The van der Waals surface area contributed by atoms with Crippen LogP contribution >= 0.6 is 23.4 Å². The maximum atomic E-state index is 13.7. The minimum absolute atomic E-state index is 0.0703. The maximum Gasteiger partial charge on any atom is 0.243 e. The van der Waals surface area contributed by atoms with Crippen LogP contribution in [0.3, 0.4) is 0 Å². The normalized spacial score (nSPS) is 19.7. The Bertz CT molecular complexity index is 649. The number of nitrogens with zero attached hydrogens (tertiary/aromatic N) is 1. The summed E-state index contributed by atoms with van der Waals surface area (Å²) in [5.74, 6) is -0.151. The Kier molecular flexibility index (Phi) is 4.90. The fourth-order valence-electron chi connectivity index (χ4n) is 2.21. The molecule has 1 saturated heterocycles. The van der Waals surface area contributed by atoms with Gasteiger partial charge in [0.05, 0.1) is 16.5 Å². The molecule has 0 aromatic heterocycles. The van der Waals surface area contributed by atoms with Gasteiger partial charge in [-0.3, -0.25) is 0 Å². The zero-order valence-corrected chi connectivity index (χ0v) is 14.2. The molecule has 1 fully saturated rings. The second kappa shape index (κ2) is 6.04. The SMILES string of the molecule is CC1(C)CN(S(=O)(=O)c2cc(F)c(Cl)c(CO)c2)CCS1. The summed E-state index contributed by atoms with van der Waals surface area (Å²) in [6, 6.07) is 2.14. The van der Waals surface area contributed by atoms with Crippen LogP contribution in [0.1, 0.15) is 19.4 Å². The van der Waals surface area contributed by atoms with Crippen molar-refractivity contribution >= 4 is 33.4 Å². The molecule has 118 valence electrons. The molecule has 0 aliphatic carbocycles. The van der Waals surface area contributed by atoms with E-state index < -0.39 is 22.4 Å². The van der Waals surface area contributed by atoms with Crippen LogP contribution in [0.15, 0.2) is 17.0 Å². The Morgan fingerprint density at radius 1 is 1.48 bits per heavy atom. The molecule has 21 heavy (non-hydrogen) atoms. The van der Waals surface area contributed by atoms with Gasteiger partial charge in [-0.25, -0.2) is 12.8 Å². The van der Waals surface area contributed by atoms with Crippen molar-refractivity contribution in [2.75, 3.05) is 18.8 Å². The molecule has 1 aliphatic rings. The Labute approximate surface area is 133 Å². The fraction of sp³-hybridized carbons (Fsp3) is 0.538. The molecule has 1 aliphatic heterocycles. The van der Waals surface area contributed by atoms with Crippen LogP contribution in [0.25, 0.3) is 0 Å². The van der Waals surface area contributed by atoms with Crippen LogP contribution in [0.2, 0.25) is 5.02 Å². The second-order valence-electron chi connectivity index (χ2n) is 5.48. The van der Waals surface area contributed by atoms with Crippen LogP contribution < -0.4 is 0 Å². The molecule has 0 unspecified atom stereocenters. The van der Waals surface area contributed by atoms with Gasteiger partial charge in [0.1, 0.15) is 5.82 Å². The maximum absolute atomic E-state index is 13.7. The number of halogens is 2. The topological polar surface area (TPSA) is 57.6 Å². The van der Waals surface area contributed by atoms with Crippen molar-refractivity contribution in [2.45, 2.75) is 30.1 Å². The third-order valence-electron chi connectivity index (χ3n) is 3.28. The van der Waals surface area contributed by atoms with Gasteiger partial charge in [-0.15, -0.1) is 0 Å². The summed E-state index contributed by atoms with van der Waals surface area (Å²) in [6.45, 7) is 4.18. The first kappa shape index (κ1) is 17.0. The Hall–Kier alpha value is -0.340. The molecule has 0 radical (unpaired) electrons. The highest BCUT2D eigenvalue weighted by atomic mass is 35.5. The predicted molar refractivity (Wildman–Crippen MR) is 82.6 cm³/mol. The molecule has 0 bridgehead atoms. The lowest BCUT2D eigenvalue weighted by Crippen LogP contribution is -2.46. The average Bonchev–Trinajstić information content (AvgIpc) is 2.40. The van der Waals surface area contributed by atoms with E-state index in [1.165, 1.54) is 10.4 Å². The highest BCUT2D eigenvalue weighted by Crippen LogP contribution is 2.33. The highest BCUT2D eigenvalue weighted by molar-refractivity contribution is 8.00. The largest absolute Gasteiger partial charge is 0.392 e. The van der Waals surface area contributed by atoms with E-state index >= 15 is 0 Å². The zero-order chi connectivity index (χ0) is 15.8. The molecule has 4 nitrogen and oxygen atoms in total. The summed E-state index contributed by atoms with van der Waals surface area (Å²) in [5.41, 5.74) is 0.0703. The van der Waals surface area contributed by atoms with Gasteiger partial charge in [-0.05, 0) is 26.0 Å². The van der Waals surface area contributed by atoms with E-state index in [-0.39, 0.29) is 20.2 Å². The standard InChI is InChI=1S/C13H17ClFNO3S2/c1-13(2)8-16(3-4-20-13)21(18,19)10-5-9(7-17)12(14)11(15)6-10/h5-6,17H,3-4,7-8H2,1-2H3. The monoisotopic (exact) mass is 353 g/mol. The van der Waals surface area contributed by atoms with Crippen LogP contribution in [-0.2, 0) is 16.6 Å². The molecule has 2 rings (SSSR count). The molecular weight excluding hydrogens is 337 g/mol. The lowest BCUT2D eigenvalue weighted by Gasteiger charge is -2.36. The van der Waals surface area contributed by atoms with Crippen molar-refractivity contribution in [1.82, 2.24) is 4.31 Å². The van der Waals surface area contributed by atoms with E-state index in [9.17, 15) is 12.8 Å². The van der Waals surface area contributed by atoms with Crippen molar-refractivity contribution in [3.05, 3.63) is 28.5 Å². The van der Waals surface area contributed by atoms with Crippen molar-refractivity contribution in [3.8, 4) is 0 Å². The summed E-state index contributed by atoms with van der Waals surface area (Å²) >= 11 is 7.41. The summed E-state index contributed by atoms with van der Waals surface area (Å²) in [7, 11) is -3.79. The Morgan fingerprint density at radius 2 is 2.14 bits per heavy atom. The number of rotatable bonds is 3. The Balaban J connectivity index is 2.42. The number of aliphatic hydroxyl groups excluding tert-OH is 1. The van der Waals surface area contributed by atoms with Gasteiger partial charge >= 0.3 is 0 Å². The first-order valence-electron chi connectivity index (χ1n) is 6.40. The van der Waals surface area contributed by atoms with Gasteiger partial charge < -0.3 is 5.11 Å². The smallest absolute Gasteiger partial charge is 0.243 e. The Morgan fingerprint density at radius 3 is 2.71 bits per heavy atom. The van der Waals surface area contributed by atoms with Crippen molar-refractivity contribution in [2.24, 2.45) is 0 Å². The van der Waals surface area contributed by atoms with Crippen LogP contribution in [0, 0.1) is 5.82 Å². The third-order valence-corrected chi connectivity index (χ3v) is 6.82. The fourth-order valence-corrected chi connectivity index (χ4v) is 5.35. The summed E-state index contributed by atoms with van der Waals surface area (Å²) in [4.78, 5) is -0.170. The molecular formula is C13H17ClFNO3S2. The van der Waals surface area contributed by atoms with E-state index in [1.54, 1.807) is 11.8 Å². The third kappa shape index (κ3) is 3.53. The van der Waals surface area contributed by atoms with E-state index in [2.05, 4.69) is 0 Å². The van der Waals surface area contributed by atoms with E-state index in [4.69, 9.17) is 16.7 Å². The van der Waals surface area contributed by atoms with Crippen molar-refractivity contribution in [3.63, 3.8) is 0 Å². The molecule has 1 aromatic rings. The summed E-state index contributed by atoms with van der Waals surface area (Å²) in [5, 5.41) is 8.92. The number of aliphatic hydroxyl groups is 1. The molecule has 1 heterocycles. The van der Waals surface area contributed by atoms with Gasteiger partial charge in [-0.2, -0.15) is 16.1 Å².